The summed E-state index contributed by atoms with van der Waals surface area (Å²) in [5, 5.41) is 7.55. The molecule has 0 atom stereocenters. The number of hydrogen-bond acceptors (Lipinski definition) is 0. The number of hydrogen-bond donors (Lipinski definition) is 0. The molecule has 0 saturated carbocycles. The molecule has 0 aliphatic carbocycles. The lowest BCUT2D eigenvalue weighted by molar-refractivity contribution is 1.63. The van der Waals surface area contributed by atoms with Gasteiger partial charge in [0.1, 0.15) is 7.85 Å². The van der Waals surface area contributed by atoms with E-state index in [2.05, 4.69) is 127 Å². The summed E-state index contributed by atoms with van der Waals surface area (Å²) >= 11 is 0. The van der Waals surface area contributed by atoms with E-state index in [1.54, 1.807) is 0 Å². The quantitative estimate of drug-likeness (QED) is 0.180. The third-order valence-corrected chi connectivity index (χ3v) is 7.41. The summed E-state index contributed by atoms with van der Waals surface area (Å²) in [6, 6.07) is 49.9. The van der Waals surface area contributed by atoms with E-state index in [9.17, 15) is 0 Å². The predicted octanol–water partition coefficient (Wildman–Crippen LogP) is 8.94. The second kappa shape index (κ2) is 8.80. The summed E-state index contributed by atoms with van der Waals surface area (Å²) in [4.78, 5) is 0. The Hall–Kier alpha value is -4.62. The lowest BCUT2D eigenvalue weighted by atomic mass is 9.85. The summed E-state index contributed by atoms with van der Waals surface area (Å²) < 4.78 is 0. The summed E-state index contributed by atoms with van der Waals surface area (Å²) in [6.07, 6.45) is 0. The van der Waals surface area contributed by atoms with Crippen molar-refractivity contribution in [2.45, 2.75) is 0 Å². The molecular weight excluding hydrogens is 443 g/mol. The van der Waals surface area contributed by atoms with Crippen LogP contribution in [-0.2, 0) is 0 Å². The van der Waals surface area contributed by atoms with E-state index >= 15 is 0 Å². The van der Waals surface area contributed by atoms with Crippen molar-refractivity contribution in [2.24, 2.45) is 0 Å². The molecule has 1 heteroatoms. The Labute approximate surface area is 218 Å². The van der Waals surface area contributed by atoms with Gasteiger partial charge in [0.15, 0.2) is 0 Å². The average molecular weight is 466 g/mol. The van der Waals surface area contributed by atoms with Crippen molar-refractivity contribution < 1.29 is 0 Å². The van der Waals surface area contributed by atoms with Crippen LogP contribution in [0.4, 0.5) is 0 Å². The Morgan fingerprint density at radius 2 is 0.730 bits per heavy atom. The SMILES string of the molecule is [B]c1ccc(-c2c3ccccc3c(-c3ccc(-c4cccc5ccccc45)cc3)c3ccccc23)cc1. The highest BCUT2D eigenvalue weighted by molar-refractivity contribution is 6.32. The molecule has 0 spiro atoms. The smallest absolute Gasteiger partial charge is 0.0966 e. The molecule has 7 aromatic carbocycles. The second-order valence-electron chi connectivity index (χ2n) is 9.57. The van der Waals surface area contributed by atoms with Crippen molar-refractivity contribution in [1.29, 1.82) is 0 Å². The highest BCUT2D eigenvalue weighted by atomic mass is 14.2. The van der Waals surface area contributed by atoms with Gasteiger partial charge < -0.3 is 0 Å². The third kappa shape index (κ3) is 3.63. The zero-order valence-corrected chi connectivity index (χ0v) is 20.4. The largest absolute Gasteiger partial charge is 0.113 e. The van der Waals surface area contributed by atoms with E-state index in [1.165, 1.54) is 65.7 Å². The Morgan fingerprint density at radius 1 is 0.324 bits per heavy atom. The molecule has 7 aromatic rings. The van der Waals surface area contributed by atoms with Crippen molar-refractivity contribution in [3.8, 4) is 33.4 Å². The van der Waals surface area contributed by atoms with Gasteiger partial charge in [-0.25, -0.2) is 0 Å². The van der Waals surface area contributed by atoms with E-state index in [0.717, 1.165) is 5.46 Å². The van der Waals surface area contributed by atoms with Crippen LogP contribution in [0.1, 0.15) is 0 Å². The van der Waals surface area contributed by atoms with E-state index in [1.807, 2.05) is 12.1 Å². The maximum Gasteiger partial charge on any atom is 0.113 e. The minimum Gasteiger partial charge on any atom is -0.0966 e. The van der Waals surface area contributed by atoms with Crippen LogP contribution in [0, 0.1) is 0 Å². The van der Waals surface area contributed by atoms with Gasteiger partial charge in [0.2, 0.25) is 0 Å². The van der Waals surface area contributed by atoms with Crippen molar-refractivity contribution in [3.63, 3.8) is 0 Å². The highest BCUT2D eigenvalue weighted by Crippen LogP contribution is 2.43. The van der Waals surface area contributed by atoms with Crippen molar-refractivity contribution in [1.82, 2.24) is 0 Å². The molecule has 0 aliphatic rings. The topological polar surface area (TPSA) is 0 Å². The highest BCUT2D eigenvalue weighted by Gasteiger charge is 2.16. The Bertz CT molecular complexity index is 1850. The fourth-order valence-corrected chi connectivity index (χ4v) is 5.69. The molecule has 37 heavy (non-hydrogen) atoms. The monoisotopic (exact) mass is 466 g/mol. The lowest BCUT2D eigenvalue weighted by Crippen LogP contribution is -1.99. The van der Waals surface area contributed by atoms with Crippen LogP contribution in [0.3, 0.4) is 0 Å². The summed E-state index contributed by atoms with van der Waals surface area (Å²) in [7, 11) is 6.01. The average Bonchev–Trinajstić information content (AvgIpc) is 2.96. The fraction of sp³-hybridized carbons (Fsp3) is 0. The van der Waals surface area contributed by atoms with E-state index < -0.39 is 0 Å². The first kappa shape index (κ1) is 21.7. The molecule has 0 nitrogen and oxygen atoms in total. The van der Waals surface area contributed by atoms with Crippen LogP contribution in [-0.4, -0.2) is 7.85 Å². The fourth-order valence-electron chi connectivity index (χ4n) is 5.69. The molecule has 0 amide bonds. The van der Waals surface area contributed by atoms with Crippen LogP contribution in [0.25, 0.3) is 65.7 Å². The van der Waals surface area contributed by atoms with Crippen LogP contribution < -0.4 is 5.46 Å². The minimum atomic E-state index is 0.778. The molecule has 0 saturated heterocycles. The molecule has 0 N–H and O–H groups in total. The molecule has 2 radical (unpaired) electrons. The molecular formula is C36H23B. The Kier molecular flexibility index (Phi) is 5.15. The van der Waals surface area contributed by atoms with Gasteiger partial charge in [0.05, 0.1) is 0 Å². The van der Waals surface area contributed by atoms with Gasteiger partial charge in [-0.3, -0.25) is 0 Å². The van der Waals surface area contributed by atoms with Crippen molar-refractivity contribution in [3.05, 3.63) is 140 Å². The molecule has 0 bridgehead atoms. The van der Waals surface area contributed by atoms with Crippen molar-refractivity contribution in [2.75, 3.05) is 0 Å². The zero-order valence-electron chi connectivity index (χ0n) is 20.4. The van der Waals surface area contributed by atoms with Gasteiger partial charge in [0.25, 0.3) is 0 Å². The predicted molar refractivity (Wildman–Crippen MR) is 161 cm³/mol. The zero-order chi connectivity index (χ0) is 24.8. The second-order valence-corrected chi connectivity index (χ2v) is 9.57. The van der Waals surface area contributed by atoms with E-state index in [4.69, 9.17) is 7.85 Å². The first-order valence-electron chi connectivity index (χ1n) is 12.7. The molecule has 170 valence electrons. The molecule has 0 fully saturated rings. The normalized spacial score (nSPS) is 11.4. The van der Waals surface area contributed by atoms with Gasteiger partial charge in [0, 0.05) is 0 Å². The van der Waals surface area contributed by atoms with Crippen LogP contribution >= 0.6 is 0 Å². The number of benzene rings is 7. The molecule has 0 aliphatic heterocycles. The first-order chi connectivity index (χ1) is 18.3. The first-order valence-corrected chi connectivity index (χ1v) is 12.7. The van der Waals surface area contributed by atoms with Gasteiger partial charge in [-0.05, 0) is 65.7 Å². The third-order valence-electron chi connectivity index (χ3n) is 7.41. The summed E-state index contributed by atoms with van der Waals surface area (Å²) in [5.74, 6) is 0. The van der Waals surface area contributed by atoms with Crippen LogP contribution in [0.2, 0.25) is 0 Å². The molecule has 0 unspecified atom stereocenters. The van der Waals surface area contributed by atoms with Gasteiger partial charge in [-0.15, -0.1) is 0 Å². The standard InChI is InChI=1S/C36H23B/c37-28-22-20-27(21-23-28)36-33-13-5-3-11-31(33)35(32-12-4-6-14-34(32)36)26-18-16-25(17-19-26)30-15-7-9-24-8-1-2-10-29(24)30/h1-23H. The van der Waals surface area contributed by atoms with Gasteiger partial charge in [-0.2, -0.15) is 0 Å². The lowest BCUT2D eigenvalue weighted by Gasteiger charge is -2.18. The van der Waals surface area contributed by atoms with E-state index in [-0.39, 0.29) is 0 Å². The summed E-state index contributed by atoms with van der Waals surface area (Å²) in [6.45, 7) is 0. The van der Waals surface area contributed by atoms with Gasteiger partial charge in [-0.1, -0.05) is 145 Å². The molecule has 7 rings (SSSR count). The summed E-state index contributed by atoms with van der Waals surface area (Å²) in [5.41, 5.74) is 8.20. The van der Waals surface area contributed by atoms with Gasteiger partial charge >= 0.3 is 0 Å². The molecule has 0 aromatic heterocycles. The van der Waals surface area contributed by atoms with Crippen LogP contribution in [0.15, 0.2) is 140 Å². The maximum absolute atomic E-state index is 6.01. The maximum atomic E-state index is 6.01. The number of fused-ring (bicyclic) bond motifs is 3. The Balaban J connectivity index is 1.47. The minimum absolute atomic E-state index is 0.778. The molecule has 0 heterocycles. The Morgan fingerprint density at radius 3 is 1.27 bits per heavy atom. The van der Waals surface area contributed by atoms with Crippen molar-refractivity contribution >= 4 is 45.6 Å². The number of rotatable bonds is 3. The van der Waals surface area contributed by atoms with E-state index in [0.29, 0.717) is 0 Å². The van der Waals surface area contributed by atoms with Crippen LogP contribution in [0.5, 0.6) is 0 Å².